The summed E-state index contributed by atoms with van der Waals surface area (Å²) in [6, 6.07) is 14.6. The van der Waals surface area contributed by atoms with Gasteiger partial charge in [0.05, 0.1) is 18.1 Å². The van der Waals surface area contributed by atoms with Crippen LogP contribution in [0.15, 0.2) is 70.6 Å². The Morgan fingerprint density at radius 1 is 1.06 bits per heavy atom. The van der Waals surface area contributed by atoms with E-state index < -0.39 is 16.1 Å². The summed E-state index contributed by atoms with van der Waals surface area (Å²) in [6.45, 7) is 2.18. The second kappa shape index (κ2) is 8.99. The van der Waals surface area contributed by atoms with Gasteiger partial charge in [-0.15, -0.1) is 0 Å². The molecule has 2 aromatic rings. The number of methoxy groups -OCH3 is 1. The maximum atomic E-state index is 13.2. The Morgan fingerprint density at radius 2 is 1.77 bits per heavy atom. The van der Waals surface area contributed by atoms with Crippen molar-refractivity contribution >= 4 is 15.6 Å². The highest BCUT2D eigenvalue weighted by Crippen LogP contribution is 2.38. The first-order valence-corrected chi connectivity index (χ1v) is 12.2. The van der Waals surface area contributed by atoms with E-state index in [0.29, 0.717) is 0 Å². The predicted molar refractivity (Wildman–Crippen MR) is 122 cm³/mol. The van der Waals surface area contributed by atoms with Gasteiger partial charge in [0.15, 0.2) is 0 Å². The van der Waals surface area contributed by atoms with Crippen molar-refractivity contribution in [3.63, 3.8) is 0 Å². The lowest BCUT2D eigenvalue weighted by Gasteiger charge is -2.21. The summed E-state index contributed by atoms with van der Waals surface area (Å²) < 4.78 is 33.1. The number of ether oxygens (including phenoxy) is 1. The molecule has 4 rings (SSSR count). The molecule has 0 radical (unpaired) electrons. The zero-order chi connectivity index (χ0) is 22.0. The molecule has 6 heteroatoms. The van der Waals surface area contributed by atoms with Crippen LogP contribution in [0.25, 0.3) is 5.57 Å². The highest BCUT2D eigenvalue weighted by atomic mass is 32.2. The molecule has 0 bridgehead atoms. The smallest absolute Gasteiger partial charge is 0.243 e. The third-order valence-corrected chi connectivity index (χ3v) is 7.92. The minimum Gasteiger partial charge on any atom is -0.497 e. The maximum absolute atomic E-state index is 13.2. The van der Waals surface area contributed by atoms with Gasteiger partial charge in [0.2, 0.25) is 10.0 Å². The van der Waals surface area contributed by atoms with E-state index in [1.807, 2.05) is 31.2 Å². The summed E-state index contributed by atoms with van der Waals surface area (Å²) >= 11 is 0. The average molecular weight is 440 g/mol. The molecule has 2 aliphatic rings. The molecule has 1 atom stereocenters. The fourth-order valence-electron chi connectivity index (χ4n) is 4.35. The fourth-order valence-corrected chi connectivity index (χ4v) is 5.78. The van der Waals surface area contributed by atoms with Crippen LogP contribution in [-0.4, -0.2) is 44.1 Å². The van der Waals surface area contributed by atoms with E-state index in [1.54, 1.807) is 31.4 Å². The van der Waals surface area contributed by atoms with Crippen LogP contribution in [0.5, 0.6) is 5.75 Å². The average Bonchev–Trinajstić information content (AvgIpc) is 3.17. The molecule has 31 heavy (non-hydrogen) atoms. The molecule has 1 fully saturated rings. The number of benzene rings is 2. The summed E-state index contributed by atoms with van der Waals surface area (Å²) in [4.78, 5) is 0.259. The number of aryl methyl sites for hydroxylation is 1. The third-order valence-electron chi connectivity index (χ3n) is 6.10. The van der Waals surface area contributed by atoms with Crippen molar-refractivity contribution in [2.45, 2.75) is 43.6 Å². The van der Waals surface area contributed by atoms with Crippen molar-refractivity contribution in [2.75, 3.05) is 20.2 Å². The van der Waals surface area contributed by atoms with E-state index >= 15 is 0 Å². The van der Waals surface area contributed by atoms with E-state index in [2.05, 4.69) is 6.08 Å². The Morgan fingerprint density at radius 3 is 2.39 bits per heavy atom. The van der Waals surface area contributed by atoms with Crippen LogP contribution in [0.3, 0.4) is 0 Å². The number of nitrogens with zero attached hydrogens (tertiary/aromatic N) is 1. The van der Waals surface area contributed by atoms with Gasteiger partial charge in [-0.05, 0) is 79.2 Å². The van der Waals surface area contributed by atoms with Gasteiger partial charge >= 0.3 is 0 Å². The molecule has 5 nitrogen and oxygen atoms in total. The standard InChI is InChI=1S/C25H29NO4S/c1-18-8-14-22(15-9-18)31(28,29)26-16-23(24(27)17-26)25(19-6-4-3-5-7-19)20-10-12-21(30-2)13-11-20/h6,8-15,24,27H,3-5,7,16-17H2,1-2H3/b25-23+. The Hall–Kier alpha value is -2.41. The number of hydrogen-bond donors (Lipinski definition) is 1. The van der Waals surface area contributed by atoms with Crippen molar-refractivity contribution in [1.82, 2.24) is 4.31 Å². The van der Waals surface area contributed by atoms with Crippen molar-refractivity contribution in [2.24, 2.45) is 0 Å². The van der Waals surface area contributed by atoms with Gasteiger partial charge in [0.25, 0.3) is 0 Å². The second-order valence-electron chi connectivity index (χ2n) is 8.23. The largest absolute Gasteiger partial charge is 0.497 e. The number of rotatable bonds is 5. The molecule has 2 aromatic carbocycles. The molecule has 0 spiro atoms. The fraction of sp³-hybridized carbons (Fsp3) is 0.360. The van der Waals surface area contributed by atoms with Gasteiger partial charge in [-0.25, -0.2) is 8.42 Å². The Kier molecular flexibility index (Phi) is 6.32. The van der Waals surface area contributed by atoms with E-state index in [1.165, 1.54) is 9.88 Å². The predicted octanol–water partition coefficient (Wildman–Crippen LogP) is 4.32. The molecule has 0 saturated carbocycles. The number of sulfonamides is 1. The molecule has 1 aliphatic carbocycles. The summed E-state index contributed by atoms with van der Waals surface area (Å²) in [7, 11) is -2.05. The van der Waals surface area contributed by atoms with Crippen LogP contribution in [-0.2, 0) is 10.0 Å². The monoisotopic (exact) mass is 439 g/mol. The van der Waals surface area contributed by atoms with Crippen LogP contribution in [0.1, 0.15) is 36.8 Å². The van der Waals surface area contributed by atoms with Gasteiger partial charge in [-0.3, -0.25) is 0 Å². The molecule has 0 amide bonds. The quantitative estimate of drug-likeness (QED) is 0.753. The molecule has 1 aliphatic heterocycles. The van der Waals surface area contributed by atoms with Crippen molar-refractivity contribution in [1.29, 1.82) is 0 Å². The number of aliphatic hydroxyl groups is 1. The number of allylic oxidation sites excluding steroid dienone is 3. The van der Waals surface area contributed by atoms with E-state index in [4.69, 9.17) is 4.74 Å². The van der Waals surface area contributed by atoms with E-state index in [0.717, 1.165) is 53.7 Å². The molecule has 1 N–H and O–H groups in total. The number of β-amino-alcohol motifs (C(OH)–C–C–N with tert-alkyl or cyclic N) is 1. The van der Waals surface area contributed by atoms with E-state index in [-0.39, 0.29) is 18.0 Å². The minimum absolute atomic E-state index is 0.0679. The SMILES string of the molecule is COc1ccc(/C(C2=CCCCC2)=C2\CN(S(=O)(=O)c3ccc(C)cc3)CC2O)cc1. The van der Waals surface area contributed by atoms with Crippen LogP contribution < -0.4 is 4.74 Å². The first kappa shape index (κ1) is 21.8. The lowest BCUT2D eigenvalue weighted by molar-refractivity contribution is 0.217. The molecule has 1 saturated heterocycles. The zero-order valence-corrected chi connectivity index (χ0v) is 18.9. The molecular formula is C25H29NO4S. The molecule has 0 aromatic heterocycles. The number of aliphatic hydroxyl groups excluding tert-OH is 1. The van der Waals surface area contributed by atoms with Gasteiger partial charge in [0, 0.05) is 13.1 Å². The topological polar surface area (TPSA) is 66.8 Å². The summed E-state index contributed by atoms with van der Waals surface area (Å²) in [5, 5.41) is 11.0. The molecule has 1 unspecified atom stereocenters. The van der Waals surface area contributed by atoms with Gasteiger partial charge in [-0.2, -0.15) is 4.31 Å². The summed E-state index contributed by atoms with van der Waals surface area (Å²) in [5.41, 5.74) is 4.94. The lowest BCUT2D eigenvalue weighted by atomic mass is 9.85. The van der Waals surface area contributed by atoms with Crippen LogP contribution >= 0.6 is 0 Å². The second-order valence-corrected chi connectivity index (χ2v) is 10.2. The highest BCUT2D eigenvalue weighted by molar-refractivity contribution is 7.89. The van der Waals surface area contributed by atoms with E-state index in [9.17, 15) is 13.5 Å². The Labute approximate surface area is 184 Å². The molecular weight excluding hydrogens is 410 g/mol. The summed E-state index contributed by atoms with van der Waals surface area (Å²) in [5.74, 6) is 0.765. The highest BCUT2D eigenvalue weighted by Gasteiger charge is 2.37. The van der Waals surface area contributed by atoms with Gasteiger partial charge in [0.1, 0.15) is 5.75 Å². The van der Waals surface area contributed by atoms with Gasteiger partial charge < -0.3 is 9.84 Å². The number of hydrogen-bond acceptors (Lipinski definition) is 4. The van der Waals surface area contributed by atoms with Crippen LogP contribution in [0.2, 0.25) is 0 Å². The zero-order valence-electron chi connectivity index (χ0n) is 18.0. The Bertz CT molecular complexity index is 1100. The van der Waals surface area contributed by atoms with Crippen molar-refractivity contribution in [3.05, 3.63) is 76.9 Å². The third kappa shape index (κ3) is 4.47. The summed E-state index contributed by atoms with van der Waals surface area (Å²) in [6.07, 6.45) is 5.59. The van der Waals surface area contributed by atoms with Crippen molar-refractivity contribution < 1.29 is 18.3 Å². The molecule has 1 heterocycles. The Balaban J connectivity index is 1.75. The van der Waals surface area contributed by atoms with Crippen LogP contribution in [0, 0.1) is 6.92 Å². The van der Waals surface area contributed by atoms with Crippen LogP contribution in [0.4, 0.5) is 0 Å². The minimum atomic E-state index is -3.68. The first-order valence-electron chi connectivity index (χ1n) is 10.7. The first-order chi connectivity index (χ1) is 14.9. The normalized spacial score (nSPS) is 21.6. The molecule has 164 valence electrons. The van der Waals surface area contributed by atoms with Crippen molar-refractivity contribution in [3.8, 4) is 5.75 Å². The maximum Gasteiger partial charge on any atom is 0.243 e. The van der Waals surface area contributed by atoms with Gasteiger partial charge in [-0.1, -0.05) is 35.9 Å². The lowest BCUT2D eigenvalue weighted by Crippen LogP contribution is -2.29.